The van der Waals surface area contributed by atoms with Gasteiger partial charge >= 0.3 is 5.97 Å². The second-order valence-corrected chi connectivity index (χ2v) is 5.72. The molecule has 0 amide bonds. The Kier molecular flexibility index (Phi) is 6.92. The first-order valence-electron chi connectivity index (χ1n) is 6.84. The van der Waals surface area contributed by atoms with Crippen LogP contribution in [-0.4, -0.2) is 17.1 Å². The molecule has 1 aromatic rings. The predicted molar refractivity (Wildman–Crippen MR) is 82.9 cm³/mol. The van der Waals surface area contributed by atoms with Gasteiger partial charge in [-0.15, -0.1) is 0 Å². The maximum Gasteiger partial charge on any atom is 0.338 e. The second kappa shape index (κ2) is 8.20. The molecule has 0 bridgehead atoms. The van der Waals surface area contributed by atoms with Gasteiger partial charge in [0, 0.05) is 10.5 Å². The third kappa shape index (κ3) is 5.23. The maximum atomic E-state index is 11.3. The highest BCUT2D eigenvalue weighted by Crippen LogP contribution is 2.25. The van der Waals surface area contributed by atoms with Crippen molar-refractivity contribution in [2.75, 3.05) is 5.32 Å². The van der Waals surface area contributed by atoms with E-state index in [9.17, 15) is 9.90 Å². The summed E-state index contributed by atoms with van der Waals surface area (Å²) >= 11 is 3.29. The van der Waals surface area contributed by atoms with Crippen LogP contribution >= 0.6 is 15.9 Å². The second-order valence-electron chi connectivity index (χ2n) is 4.86. The zero-order valence-corrected chi connectivity index (χ0v) is 13.2. The van der Waals surface area contributed by atoms with E-state index in [-0.39, 0.29) is 6.04 Å². The van der Waals surface area contributed by atoms with Crippen LogP contribution in [0.15, 0.2) is 22.7 Å². The summed E-state index contributed by atoms with van der Waals surface area (Å²) in [6.07, 6.45) is 5.98. The summed E-state index contributed by atoms with van der Waals surface area (Å²) in [4.78, 5) is 11.3. The van der Waals surface area contributed by atoms with Gasteiger partial charge in [0.25, 0.3) is 0 Å². The lowest BCUT2D eigenvalue weighted by Crippen LogP contribution is -2.17. The number of anilines is 1. The molecule has 0 fully saturated rings. The van der Waals surface area contributed by atoms with E-state index in [1.165, 1.54) is 25.7 Å². The molecule has 2 N–H and O–H groups in total. The minimum atomic E-state index is -0.909. The average Bonchev–Trinajstić information content (AvgIpc) is 2.34. The fourth-order valence-electron chi connectivity index (χ4n) is 2.08. The standard InChI is InChI=1S/C15H22BrNO2/c1-3-4-5-6-8-11(2)17-13-10-7-9-12(16)14(13)15(18)19/h7,9-11,17H,3-6,8H2,1-2H3,(H,18,19). The topological polar surface area (TPSA) is 49.3 Å². The summed E-state index contributed by atoms with van der Waals surface area (Å²) < 4.78 is 0.614. The Hall–Kier alpha value is -1.03. The minimum Gasteiger partial charge on any atom is -0.478 e. The number of carbonyl (C=O) groups is 1. The predicted octanol–water partition coefficient (Wildman–Crippen LogP) is 4.92. The lowest BCUT2D eigenvalue weighted by atomic mass is 10.1. The van der Waals surface area contributed by atoms with Crippen LogP contribution in [0, 0.1) is 0 Å². The molecular formula is C15H22BrNO2. The summed E-state index contributed by atoms with van der Waals surface area (Å²) in [6, 6.07) is 5.70. The van der Waals surface area contributed by atoms with Crippen LogP contribution in [0.25, 0.3) is 0 Å². The maximum absolute atomic E-state index is 11.3. The molecule has 4 heteroatoms. The number of carboxylic acid groups (broad SMARTS) is 1. The van der Waals surface area contributed by atoms with E-state index in [1.807, 2.05) is 12.1 Å². The molecule has 0 aliphatic heterocycles. The van der Waals surface area contributed by atoms with Crippen LogP contribution in [0.2, 0.25) is 0 Å². The van der Waals surface area contributed by atoms with Crippen molar-refractivity contribution in [2.24, 2.45) is 0 Å². The molecule has 0 aliphatic rings. The van der Waals surface area contributed by atoms with Crippen molar-refractivity contribution in [3.05, 3.63) is 28.2 Å². The number of aromatic carboxylic acids is 1. The molecule has 0 saturated carbocycles. The highest BCUT2D eigenvalue weighted by molar-refractivity contribution is 9.10. The molecule has 106 valence electrons. The van der Waals surface area contributed by atoms with E-state index in [0.717, 1.165) is 6.42 Å². The minimum absolute atomic E-state index is 0.282. The van der Waals surface area contributed by atoms with Crippen molar-refractivity contribution in [2.45, 2.75) is 52.0 Å². The number of hydrogen-bond acceptors (Lipinski definition) is 2. The Morgan fingerprint density at radius 1 is 1.37 bits per heavy atom. The molecule has 3 nitrogen and oxygen atoms in total. The Labute approximate surface area is 123 Å². The van der Waals surface area contributed by atoms with E-state index in [2.05, 4.69) is 35.1 Å². The normalized spacial score (nSPS) is 12.2. The van der Waals surface area contributed by atoms with Crippen molar-refractivity contribution >= 4 is 27.6 Å². The smallest absolute Gasteiger partial charge is 0.338 e. The van der Waals surface area contributed by atoms with Crippen LogP contribution in [-0.2, 0) is 0 Å². The van der Waals surface area contributed by atoms with E-state index in [0.29, 0.717) is 15.7 Å². The van der Waals surface area contributed by atoms with Gasteiger partial charge in [-0.2, -0.15) is 0 Å². The Balaban J connectivity index is 2.61. The van der Waals surface area contributed by atoms with Gasteiger partial charge in [-0.1, -0.05) is 38.7 Å². The number of unbranched alkanes of at least 4 members (excludes halogenated alkanes) is 3. The SMILES string of the molecule is CCCCCCC(C)Nc1cccc(Br)c1C(=O)O. The van der Waals surface area contributed by atoms with Gasteiger partial charge < -0.3 is 10.4 Å². The molecule has 1 atom stereocenters. The molecular weight excluding hydrogens is 306 g/mol. The zero-order chi connectivity index (χ0) is 14.3. The van der Waals surface area contributed by atoms with Gasteiger partial charge in [-0.05, 0) is 41.4 Å². The van der Waals surface area contributed by atoms with Crippen LogP contribution in [0.1, 0.15) is 56.3 Å². The van der Waals surface area contributed by atoms with Crippen LogP contribution < -0.4 is 5.32 Å². The number of halogens is 1. The molecule has 0 aromatic heterocycles. The lowest BCUT2D eigenvalue weighted by molar-refractivity contribution is 0.0697. The molecule has 1 unspecified atom stereocenters. The van der Waals surface area contributed by atoms with Gasteiger partial charge in [-0.3, -0.25) is 0 Å². The van der Waals surface area contributed by atoms with Crippen molar-refractivity contribution in [3.63, 3.8) is 0 Å². The van der Waals surface area contributed by atoms with E-state index in [1.54, 1.807) is 6.07 Å². The lowest BCUT2D eigenvalue weighted by Gasteiger charge is -2.17. The fraction of sp³-hybridized carbons (Fsp3) is 0.533. The Morgan fingerprint density at radius 3 is 2.74 bits per heavy atom. The molecule has 0 heterocycles. The van der Waals surface area contributed by atoms with Gasteiger partial charge in [0.15, 0.2) is 0 Å². The van der Waals surface area contributed by atoms with Gasteiger partial charge in [0.1, 0.15) is 0 Å². The van der Waals surface area contributed by atoms with E-state index in [4.69, 9.17) is 0 Å². The summed E-state index contributed by atoms with van der Waals surface area (Å²) in [5, 5.41) is 12.5. The Bertz CT molecular complexity index is 421. The first-order chi connectivity index (χ1) is 9.06. The molecule has 1 rings (SSSR count). The quantitative estimate of drug-likeness (QED) is 0.666. The van der Waals surface area contributed by atoms with E-state index >= 15 is 0 Å². The number of nitrogens with one attached hydrogen (secondary N) is 1. The molecule has 0 aliphatic carbocycles. The molecule has 0 radical (unpaired) electrons. The summed E-state index contributed by atoms with van der Waals surface area (Å²) in [7, 11) is 0. The highest BCUT2D eigenvalue weighted by atomic mass is 79.9. The molecule has 0 spiro atoms. The Morgan fingerprint density at radius 2 is 2.11 bits per heavy atom. The van der Waals surface area contributed by atoms with Crippen LogP contribution in [0.4, 0.5) is 5.69 Å². The van der Waals surface area contributed by atoms with Crippen LogP contribution in [0.5, 0.6) is 0 Å². The number of rotatable bonds is 8. The van der Waals surface area contributed by atoms with Crippen molar-refractivity contribution < 1.29 is 9.90 Å². The first kappa shape index (κ1) is 16.0. The largest absolute Gasteiger partial charge is 0.478 e. The van der Waals surface area contributed by atoms with Crippen molar-refractivity contribution in [1.82, 2.24) is 0 Å². The fourth-order valence-corrected chi connectivity index (χ4v) is 2.61. The zero-order valence-electron chi connectivity index (χ0n) is 11.6. The summed E-state index contributed by atoms with van der Waals surface area (Å²) in [5.74, 6) is -0.909. The molecule has 1 aromatic carbocycles. The van der Waals surface area contributed by atoms with E-state index < -0.39 is 5.97 Å². The third-order valence-electron chi connectivity index (χ3n) is 3.12. The monoisotopic (exact) mass is 327 g/mol. The van der Waals surface area contributed by atoms with Crippen molar-refractivity contribution in [1.29, 1.82) is 0 Å². The van der Waals surface area contributed by atoms with Gasteiger partial charge in [-0.25, -0.2) is 4.79 Å². The summed E-state index contributed by atoms with van der Waals surface area (Å²) in [6.45, 7) is 4.29. The number of hydrogen-bond donors (Lipinski definition) is 2. The average molecular weight is 328 g/mol. The van der Waals surface area contributed by atoms with Gasteiger partial charge in [0.05, 0.1) is 11.3 Å². The molecule has 0 saturated heterocycles. The van der Waals surface area contributed by atoms with Gasteiger partial charge in [0.2, 0.25) is 0 Å². The first-order valence-corrected chi connectivity index (χ1v) is 7.64. The van der Waals surface area contributed by atoms with Crippen molar-refractivity contribution in [3.8, 4) is 0 Å². The molecule has 19 heavy (non-hydrogen) atoms. The van der Waals surface area contributed by atoms with Crippen LogP contribution in [0.3, 0.4) is 0 Å². The summed E-state index contributed by atoms with van der Waals surface area (Å²) in [5.41, 5.74) is 0.993. The number of carboxylic acids is 1. The number of benzene rings is 1. The highest BCUT2D eigenvalue weighted by Gasteiger charge is 2.15. The third-order valence-corrected chi connectivity index (χ3v) is 3.78.